The SMILES string of the molecule is Cc1c(Br)cccc1NC(=O)[C@@H]1CCC[C@@H]1CN.Cl. The molecule has 1 aromatic carbocycles. The van der Waals surface area contributed by atoms with E-state index < -0.39 is 0 Å². The third-order valence-corrected chi connectivity index (χ3v) is 4.68. The minimum absolute atomic E-state index is 0. The second kappa shape index (κ2) is 7.27. The van der Waals surface area contributed by atoms with Crippen LogP contribution in [0.1, 0.15) is 24.8 Å². The largest absolute Gasteiger partial charge is 0.330 e. The van der Waals surface area contributed by atoms with E-state index in [4.69, 9.17) is 5.73 Å². The van der Waals surface area contributed by atoms with E-state index in [1.54, 1.807) is 0 Å². The molecule has 0 bridgehead atoms. The molecule has 3 nitrogen and oxygen atoms in total. The Morgan fingerprint density at radius 2 is 2.21 bits per heavy atom. The minimum atomic E-state index is 0. The molecule has 0 unspecified atom stereocenters. The summed E-state index contributed by atoms with van der Waals surface area (Å²) in [7, 11) is 0. The van der Waals surface area contributed by atoms with Crippen molar-refractivity contribution >= 4 is 39.9 Å². The van der Waals surface area contributed by atoms with Gasteiger partial charge >= 0.3 is 0 Å². The van der Waals surface area contributed by atoms with Gasteiger partial charge in [0, 0.05) is 16.1 Å². The number of amides is 1. The van der Waals surface area contributed by atoms with Crippen molar-refractivity contribution in [3.63, 3.8) is 0 Å². The van der Waals surface area contributed by atoms with Crippen molar-refractivity contribution < 1.29 is 4.79 Å². The number of nitrogens with one attached hydrogen (secondary N) is 1. The van der Waals surface area contributed by atoms with E-state index in [1.165, 1.54) is 0 Å². The van der Waals surface area contributed by atoms with Crippen molar-refractivity contribution in [1.29, 1.82) is 0 Å². The molecule has 2 rings (SSSR count). The first-order chi connectivity index (χ1) is 8.63. The van der Waals surface area contributed by atoms with E-state index in [0.717, 1.165) is 35.0 Å². The van der Waals surface area contributed by atoms with Gasteiger partial charge in [-0.25, -0.2) is 0 Å². The van der Waals surface area contributed by atoms with Gasteiger partial charge in [0.15, 0.2) is 0 Å². The van der Waals surface area contributed by atoms with E-state index >= 15 is 0 Å². The van der Waals surface area contributed by atoms with Crippen LogP contribution in [0.4, 0.5) is 5.69 Å². The monoisotopic (exact) mass is 346 g/mol. The summed E-state index contributed by atoms with van der Waals surface area (Å²) >= 11 is 3.47. The Morgan fingerprint density at radius 1 is 1.47 bits per heavy atom. The summed E-state index contributed by atoms with van der Waals surface area (Å²) in [4.78, 5) is 12.3. The molecule has 0 heterocycles. The van der Waals surface area contributed by atoms with Gasteiger partial charge in [-0.1, -0.05) is 28.4 Å². The van der Waals surface area contributed by atoms with Gasteiger partial charge in [-0.3, -0.25) is 4.79 Å². The summed E-state index contributed by atoms with van der Waals surface area (Å²) in [5.41, 5.74) is 7.67. The van der Waals surface area contributed by atoms with Crippen LogP contribution in [-0.2, 0) is 4.79 Å². The van der Waals surface area contributed by atoms with Crippen molar-refractivity contribution in [3.8, 4) is 0 Å². The first kappa shape index (κ1) is 16.5. The maximum Gasteiger partial charge on any atom is 0.227 e. The number of carbonyl (C=O) groups is 1. The Kier molecular flexibility index (Phi) is 6.30. The number of anilines is 1. The topological polar surface area (TPSA) is 55.1 Å². The zero-order chi connectivity index (χ0) is 13.1. The van der Waals surface area contributed by atoms with Crippen molar-refractivity contribution in [2.24, 2.45) is 17.6 Å². The van der Waals surface area contributed by atoms with Crippen LogP contribution in [0.2, 0.25) is 0 Å². The summed E-state index contributed by atoms with van der Waals surface area (Å²) in [6, 6.07) is 5.84. The molecule has 0 aromatic heterocycles. The standard InChI is InChI=1S/C14H19BrN2O.ClH/c1-9-12(15)6-3-7-13(9)17-14(18)11-5-2-4-10(11)8-16;/h3,6-7,10-11H,2,4-5,8,16H2,1H3,(H,17,18);1H/t10-,11-;/m1./s1. The second-order valence-corrected chi connectivity index (χ2v) is 5.79. The molecule has 0 saturated heterocycles. The van der Waals surface area contributed by atoms with Gasteiger partial charge in [-0.15, -0.1) is 12.4 Å². The molecule has 1 saturated carbocycles. The lowest BCUT2D eigenvalue weighted by atomic mass is 9.95. The third-order valence-electron chi connectivity index (χ3n) is 3.82. The van der Waals surface area contributed by atoms with Gasteiger partial charge < -0.3 is 11.1 Å². The van der Waals surface area contributed by atoms with Gasteiger partial charge in [0.1, 0.15) is 0 Å². The molecular weight excluding hydrogens is 328 g/mol. The van der Waals surface area contributed by atoms with Crippen LogP contribution in [0.3, 0.4) is 0 Å². The average Bonchev–Trinajstić information content (AvgIpc) is 2.83. The summed E-state index contributed by atoms with van der Waals surface area (Å²) in [5.74, 6) is 0.537. The Morgan fingerprint density at radius 3 is 2.89 bits per heavy atom. The summed E-state index contributed by atoms with van der Waals surface area (Å²) < 4.78 is 1.02. The smallest absolute Gasteiger partial charge is 0.227 e. The highest BCUT2D eigenvalue weighted by Crippen LogP contribution is 2.32. The highest BCUT2D eigenvalue weighted by Gasteiger charge is 2.32. The van der Waals surface area contributed by atoms with E-state index in [0.29, 0.717) is 12.5 Å². The van der Waals surface area contributed by atoms with Gasteiger partial charge in [-0.2, -0.15) is 0 Å². The van der Waals surface area contributed by atoms with Crippen LogP contribution >= 0.6 is 28.3 Å². The number of benzene rings is 1. The molecule has 0 spiro atoms. The summed E-state index contributed by atoms with van der Waals surface area (Å²) in [6.45, 7) is 2.60. The number of halogens is 2. The van der Waals surface area contributed by atoms with Gasteiger partial charge in [-0.05, 0) is 49.9 Å². The van der Waals surface area contributed by atoms with Crippen LogP contribution in [0.15, 0.2) is 22.7 Å². The Hall–Kier alpha value is -0.580. The van der Waals surface area contributed by atoms with Crippen molar-refractivity contribution in [2.75, 3.05) is 11.9 Å². The highest BCUT2D eigenvalue weighted by molar-refractivity contribution is 9.10. The van der Waals surface area contributed by atoms with E-state index in [-0.39, 0.29) is 24.2 Å². The van der Waals surface area contributed by atoms with Crippen LogP contribution in [0.5, 0.6) is 0 Å². The molecule has 1 fully saturated rings. The molecule has 0 aliphatic heterocycles. The second-order valence-electron chi connectivity index (χ2n) is 4.93. The molecule has 1 aliphatic carbocycles. The van der Waals surface area contributed by atoms with Crippen LogP contribution in [0, 0.1) is 18.8 Å². The molecule has 106 valence electrons. The number of nitrogens with two attached hydrogens (primary N) is 1. The van der Waals surface area contributed by atoms with Gasteiger partial charge in [0.05, 0.1) is 0 Å². The lowest BCUT2D eigenvalue weighted by Crippen LogP contribution is -2.29. The number of carbonyl (C=O) groups excluding carboxylic acids is 1. The number of rotatable bonds is 3. The molecular formula is C14H20BrClN2O. The van der Waals surface area contributed by atoms with Gasteiger partial charge in [0.25, 0.3) is 0 Å². The maximum absolute atomic E-state index is 12.3. The molecule has 3 N–H and O–H groups in total. The number of hydrogen-bond acceptors (Lipinski definition) is 2. The van der Waals surface area contributed by atoms with E-state index in [9.17, 15) is 4.79 Å². The third kappa shape index (κ3) is 3.71. The average molecular weight is 348 g/mol. The van der Waals surface area contributed by atoms with Crippen molar-refractivity contribution in [3.05, 3.63) is 28.2 Å². The highest BCUT2D eigenvalue weighted by atomic mass is 79.9. The molecule has 2 atom stereocenters. The Bertz CT molecular complexity index is 453. The molecule has 19 heavy (non-hydrogen) atoms. The van der Waals surface area contributed by atoms with Crippen molar-refractivity contribution in [2.45, 2.75) is 26.2 Å². The summed E-state index contributed by atoms with van der Waals surface area (Å²) in [6.07, 6.45) is 3.14. The Balaban J connectivity index is 0.00000180. The van der Waals surface area contributed by atoms with Crippen LogP contribution in [-0.4, -0.2) is 12.5 Å². The Labute approximate surface area is 128 Å². The van der Waals surface area contributed by atoms with E-state index in [1.807, 2.05) is 25.1 Å². The van der Waals surface area contributed by atoms with E-state index in [2.05, 4.69) is 21.2 Å². The molecule has 1 aromatic rings. The zero-order valence-electron chi connectivity index (χ0n) is 11.0. The molecule has 0 radical (unpaired) electrons. The molecule has 1 aliphatic rings. The predicted molar refractivity (Wildman–Crippen MR) is 84.6 cm³/mol. The van der Waals surface area contributed by atoms with Crippen LogP contribution in [0.25, 0.3) is 0 Å². The maximum atomic E-state index is 12.3. The first-order valence-electron chi connectivity index (χ1n) is 6.39. The normalized spacial score (nSPS) is 21.8. The molecule has 5 heteroatoms. The fourth-order valence-corrected chi connectivity index (χ4v) is 3.00. The fraction of sp³-hybridized carbons (Fsp3) is 0.500. The predicted octanol–water partition coefficient (Wildman–Crippen LogP) is 3.49. The minimum Gasteiger partial charge on any atom is -0.330 e. The van der Waals surface area contributed by atoms with Crippen LogP contribution < -0.4 is 11.1 Å². The molecule has 1 amide bonds. The number of hydrogen-bond donors (Lipinski definition) is 2. The van der Waals surface area contributed by atoms with Gasteiger partial charge in [0.2, 0.25) is 5.91 Å². The summed E-state index contributed by atoms with van der Waals surface area (Å²) in [5, 5.41) is 3.03. The quantitative estimate of drug-likeness (QED) is 0.879. The first-order valence-corrected chi connectivity index (χ1v) is 7.19. The lowest BCUT2D eigenvalue weighted by Gasteiger charge is -2.18. The van der Waals surface area contributed by atoms with Crippen molar-refractivity contribution in [1.82, 2.24) is 0 Å². The zero-order valence-corrected chi connectivity index (χ0v) is 13.4. The lowest BCUT2D eigenvalue weighted by molar-refractivity contribution is -0.120. The fourth-order valence-electron chi connectivity index (χ4n) is 2.63.